The summed E-state index contributed by atoms with van der Waals surface area (Å²) in [5.41, 5.74) is 9.05. The van der Waals surface area contributed by atoms with E-state index in [2.05, 4.69) is 10.3 Å². The molecule has 1 aromatic heterocycles. The van der Waals surface area contributed by atoms with Gasteiger partial charge in [0.05, 0.1) is 5.69 Å². The van der Waals surface area contributed by atoms with Crippen LogP contribution in [-0.4, -0.2) is 10.9 Å². The summed E-state index contributed by atoms with van der Waals surface area (Å²) in [6, 6.07) is 7.87. The highest BCUT2D eigenvalue weighted by atomic mass is 19.1. The van der Waals surface area contributed by atoms with Gasteiger partial charge >= 0.3 is 0 Å². The third-order valence-electron chi connectivity index (χ3n) is 4.31. The first kappa shape index (κ1) is 15.6. The zero-order valence-corrected chi connectivity index (χ0v) is 13.1. The van der Waals surface area contributed by atoms with Crippen LogP contribution in [0.4, 0.5) is 10.1 Å². The molecular weight excluding hydrogens is 293 g/mol. The molecule has 1 amide bonds. The summed E-state index contributed by atoms with van der Waals surface area (Å²) in [6.07, 6.45) is 4.06. The molecule has 23 heavy (non-hydrogen) atoms. The second-order valence-corrected chi connectivity index (χ2v) is 6.09. The number of carbonyl (C=O) groups excluding carboxylic acids is 1. The molecule has 3 rings (SSSR count). The fourth-order valence-corrected chi connectivity index (χ4v) is 2.86. The highest BCUT2D eigenvalue weighted by Crippen LogP contribution is 2.31. The Morgan fingerprint density at radius 2 is 2.09 bits per heavy atom. The molecule has 4 nitrogen and oxygen atoms in total. The minimum absolute atomic E-state index is 0.0544. The third kappa shape index (κ3) is 3.40. The van der Waals surface area contributed by atoms with Gasteiger partial charge in [-0.1, -0.05) is 13.3 Å². The molecule has 5 heteroatoms. The molecule has 2 bridgehead atoms. The fraction of sp³-hybridized carbons (Fsp3) is 0.333. The van der Waals surface area contributed by atoms with Crippen LogP contribution < -0.4 is 11.1 Å². The summed E-state index contributed by atoms with van der Waals surface area (Å²) < 4.78 is 13.7. The molecule has 2 aromatic rings. The number of rotatable bonds is 0. The highest BCUT2D eigenvalue weighted by molar-refractivity contribution is 5.96. The molecule has 3 N–H and O–H groups in total. The number of nitrogens with one attached hydrogen (secondary N) is 1. The second kappa shape index (κ2) is 6.46. The van der Waals surface area contributed by atoms with E-state index in [0.717, 1.165) is 30.5 Å². The molecule has 0 saturated carbocycles. The standard InChI is InChI=1S/C18H20FN3O/c1-11-3-2-4-15(20)17-9-12(7-8-21-17)14-10-13(19)5-6-16(14)22-18(11)23/h5-11,15H,2-4,20H2,1H3,(H,22,23). The number of hydrogen-bond acceptors (Lipinski definition) is 3. The number of anilines is 1. The highest BCUT2D eigenvalue weighted by Gasteiger charge is 2.18. The maximum absolute atomic E-state index is 13.7. The Kier molecular flexibility index (Phi) is 4.39. The summed E-state index contributed by atoms with van der Waals surface area (Å²) in [7, 11) is 0. The summed E-state index contributed by atoms with van der Waals surface area (Å²) in [4.78, 5) is 16.7. The van der Waals surface area contributed by atoms with Crippen molar-refractivity contribution in [3.63, 3.8) is 0 Å². The second-order valence-electron chi connectivity index (χ2n) is 6.09. The van der Waals surface area contributed by atoms with Crippen LogP contribution in [0.25, 0.3) is 11.1 Å². The number of carbonyl (C=O) groups is 1. The molecule has 2 unspecified atom stereocenters. The van der Waals surface area contributed by atoms with E-state index in [1.54, 1.807) is 18.3 Å². The van der Waals surface area contributed by atoms with Crippen molar-refractivity contribution < 1.29 is 9.18 Å². The fourth-order valence-electron chi connectivity index (χ4n) is 2.86. The number of nitrogens with zero attached hydrogens (tertiary/aromatic N) is 1. The lowest BCUT2D eigenvalue weighted by Crippen LogP contribution is -2.22. The first-order chi connectivity index (χ1) is 11.0. The van der Waals surface area contributed by atoms with Crippen molar-refractivity contribution >= 4 is 11.6 Å². The Bertz CT molecular complexity index is 732. The van der Waals surface area contributed by atoms with Crippen molar-refractivity contribution in [2.45, 2.75) is 32.2 Å². The van der Waals surface area contributed by atoms with Crippen LogP contribution >= 0.6 is 0 Å². The summed E-state index contributed by atoms with van der Waals surface area (Å²) in [6.45, 7) is 1.90. The van der Waals surface area contributed by atoms with Gasteiger partial charge in [-0.2, -0.15) is 0 Å². The van der Waals surface area contributed by atoms with Crippen LogP contribution in [-0.2, 0) is 4.79 Å². The molecule has 0 saturated heterocycles. The van der Waals surface area contributed by atoms with Gasteiger partial charge in [0.2, 0.25) is 5.91 Å². The Morgan fingerprint density at radius 1 is 1.26 bits per heavy atom. The van der Waals surface area contributed by atoms with Crippen LogP contribution in [0.2, 0.25) is 0 Å². The molecule has 1 aliphatic heterocycles. The Hall–Kier alpha value is -2.27. The van der Waals surface area contributed by atoms with Gasteiger partial charge in [0, 0.05) is 29.4 Å². The van der Waals surface area contributed by atoms with E-state index < -0.39 is 0 Å². The molecule has 0 aliphatic carbocycles. The lowest BCUT2D eigenvalue weighted by molar-refractivity contribution is -0.119. The van der Waals surface area contributed by atoms with Crippen molar-refractivity contribution in [1.82, 2.24) is 4.98 Å². The monoisotopic (exact) mass is 313 g/mol. The SMILES string of the molecule is CC1CCCC(N)c2cc(ccn2)-c2cc(F)ccc2NC1=O. The molecular formula is C18H20FN3O. The number of fused-ring (bicyclic) bond motifs is 4. The summed E-state index contributed by atoms with van der Waals surface area (Å²) in [5.74, 6) is -0.520. The van der Waals surface area contributed by atoms with E-state index >= 15 is 0 Å². The van der Waals surface area contributed by atoms with E-state index in [9.17, 15) is 9.18 Å². The maximum Gasteiger partial charge on any atom is 0.227 e. The quantitative estimate of drug-likeness (QED) is 0.780. The van der Waals surface area contributed by atoms with E-state index in [1.165, 1.54) is 12.1 Å². The lowest BCUT2D eigenvalue weighted by Gasteiger charge is -2.19. The summed E-state index contributed by atoms with van der Waals surface area (Å²) in [5, 5.41) is 2.92. The third-order valence-corrected chi connectivity index (χ3v) is 4.31. The zero-order valence-electron chi connectivity index (χ0n) is 13.1. The minimum atomic E-state index is -0.346. The average molecular weight is 313 g/mol. The van der Waals surface area contributed by atoms with Gasteiger partial charge in [0.15, 0.2) is 0 Å². The van der Waals surface area contributed by atoms with E-state index in [0.29, 0.717) is 11.3 Å². The van der Waals surface area contributed by atoms with Crippen LogP contribution in [0, 0.1) is 11.7 Å². The average Bonchev–Trinajstić information content (AvgIpc) is 2.55. The van der Waals surface area contributed by atoms with Crippen molar-refractivity contribution in [3.05, 3.63) is 48.0 Å². The first-order valence-electron chi connectivity index (χ1n) is 7.87. The lowest BCUT2D eigenvalue weighted by atomic mass is 9.96. The number of halogens is 1. The predicted molar refractivity (Wildman–Crippen MR) is 88.2 cm³/mol. The van der Waals surface area contributed by atoms with Gasteiger partial charge in [-0.25, -0.2) is 4.39 Å². The van der Waals surface area contributed by atoms with Crippen molar-refractivity contribution in [2.75, 3.05) is 5.32 Å². The van der Waals surface area contributed by atoms with E-state index in [4.69, 9.17) is 5.73 Å². The molecule has 1 aromatic carbocycles. The maximum atomic E-state index is 13.7. The van der Waals surface area contributed by atoms with Gasteiger partial charge in [-0.3, -0.25) is 9.78 Å². The number of aromatic nitrogens is 1. The van der Waals surface area contributed by atoms with Crippen LogP contribution in [0.5, 0.6) is 0 Å². The summed E-state index contributed by atoms with van der Waals surface area (Å²) >= 11 is 0. The smallest absolute Gasteiger partial charge is 0.227 e. The molecule has 2 atom stereocenters. The van der Waals surface area contributed by atoms with Crippen LogP contribution in [0.1, 0.15) is 37.9 Å². The van der Waals surface area contributed by atoms with E-state index in [-0.39, 0.29) is 23.7 Å². The number of hydrogen-bond donors (Lipinski definition) is 2. The first-order valence-corrected chi connectivity index (χ1v) is 7.87. The Labute approximate surface area is 134 Å². The van der Waals surface area contributed by atoms with Gasteiger partial charge in [0.1, 0.15) is 5.82 Å². The molecule has 1 aliphatic rings. The van der Waals surface area contributed by atoms with Gasteiger partial charge in [-0.15, -0.1) is 0 Å². The molecule has 2 heterocycles. The van der Waals surface area contributed by atoms with Crippen LogP contribution in [0.15, 0.2) is 36.5 Å². The van der Waals surface area contributed by atoms with Gasteiger partial charge < -0.3 is 11.1 Å². The van der Waals surface area contributed by atoms with Gasteiger partial charge in [-0.05, 0) is 48.7 Å². The van der Waals surface area contributed by atoms with E-state index in [1.807, 2.05) is 13.0 Å². The number of nitrogens with two attached hydrogens (primary N) is 1. The molecule has 0 spiro atoms. The van der Waals surface area contributed by atoms with Crippen molar-refractivity contribution in [1.29, 1.82) is 0 Å². The topological polar surface area (TPSA) is 68.0 Å². The van der Waals surface area contributed by atoms with Crippen LogP contribution in [0.3, 0.4) is 0 Å². The Balaban J connectivity index is 2.12. The zero-order chi connectivity index (χ0) is 16.4. The van der Waals surface area contributed by atoms with Crippen molar-refractivity contribution in [3.8, 4) is 11.1 Å². The number of benzene rings is 1. The minimum Gasteiger partial charge on any atom is -0.325 e. The van der Waals surface area contributed by atoms with Crippen molar-refractivity contribution in [2.24, 2.45) is 11.7 Å². The molecule has 120 valence electrons. The predicted octanol–water partition coefficient (Wildman–Crippen LogP) is 3.65. The Morgan fingerprint density at radius 3 is 2.91 bits per heavy atom. The molecule has 0 radical (unpaired) electrons. The number of amides is 1. The van der Waals surface area contributed by atoms with Gasteiger partial charge in [0.25, 0.3) is 0 Å². The molecule has 0 fully saturated rings. The number of pyridine rings is 1. The normalized spacial score (nSPS) is 21.6. The largest absolute Gasteiger partial charge is 0.325 e.